The fourth-order valence-electron chi connectivity index (χ4n) is 0.998. The van der Waals surface area contributed by atoms with E-state index in [1.807, 2.05) is 16.7 Å². The Morgan fingerprint density at radius 2 is 2.55 bits per heavy atom. The third kappa shape index (κ3) is 0.793. The number of carbonyl (C=O) groups excluding carboxylic acids is 1. The van der Waals surface area contributed by atoms with Gasteiger partial charge in [-0.25, -0.2) is 4.98 Å². The number of hydrogen-bond acceptors (Lipinski definition) is 3. The SMILES string of the molecule is Cc1csc2c(C=O)ncn12. The predicted octanol–water partition coefficient (Wildman–Crippen LogP) is 1.52. The summed E-state index contributed by atoms with van der Waals surface area (Å²) in [5.41, 5.74) is 1.65. The van der Waals surface area contributed by atoms with Gasteiger partial charge in [0.2, 0.25) is 0 Å². The minimum absolute atomic E-state index is 0.531. The van der Waals surface area contributed by atoms with Gasteiger partial charge in [0.25, 0.3) is 0 Å². The Bertz CT molecular complexity index is 401. The Balaban J connectivity index is 2.87. The molecule has 0 N–H and O–H groups in total. The largest absolute Gasteiger partial charge is 0.296 e. The fourth-order valence-corrected chi connectivity index (χ4v) is 1.92. The van der Waals surface area contributed by atoms with Crippen molar-refractivity contribution in [3.63, 3.8) is 0 Å². The van der Waals surface area contributed by atoms with Crippen molar-refractivity contribution in [1.29, 1.82) is 0 Å². The zero-order valence-corrected chi connectivity index (χ0v) is 6.76. The van der Waals surface area contributed by atoms with Crippen molar-refractivity contribution in [3.8, 4) is 0 Å². The van der Waals surface area contributed by atoms with Crippen LogP contribution in [-0.4, -0.2) is 15.7 Å². The Hall–Kier alpha value is -1.16. The molecule has 56 valence electrons. The van der Waals surface area contributed by atoms with Gasteiger partial charge in [-0.15, -0.1) is 11.3 Å². The van der Waals surface area contributed by atoms with Crippen LogP contribution in [0, 0.1) is 6.92 Å². The quantitative estimate of drug-likeness (QED) is 0.602. The number of fused-ring (bicyclic) bond motifs is 1. The number of rotatable bonds is 1. The van der Waals surface area contributed by atoms with Gasteiger partial charge in [-0.1, -0.05) is 0 Å². The Labute approximate surface area is 67.3 Å². The monoisotopic (exact) mass is 166 g/mol. The molecule has 0 unspecified atom stereocenters. The number of aromatic nitrogens is 2. The first-order valence-corrected chi connectivity index (χ1v) is 4.07. The van der Waals surface area contributed by atoms with Crippen LogP contribution in [0.2, 0.25) is 0 Å². The van der Waals surface area contributed by atoms with Gasteiger partial charge in [0.1, 0.15) is 16.9 Å². The summed E-state index contributed by atoms with van der Waals surface area (Å²) < 4.78 is 1.91. The molecule has 3 nitrogen and oxygen atoms in total. The van der Waals surface area contributed by atoms with Gasteiger partial charge in [0.05, 0.1) is 0 Å². The van der Waals surface area contributed by atoms with E-state index in [1.165, 1.54) is 0 Å². The molecule has 2 heterocycles. The van der Waals surface area contributed by atoms with Gasteiger partial charge in [-0.3, -0.25) is 9.20 Å². The highest BCUT2D eigenvalue weighted by atomic mass is 32.1. The van der Waals surface area contributed by atoms with Crippen LogP contribution in [0.15, 0.2) is 11.7 Å². The normalized spacial score (nSPS) is 10.6. The predicted molar refractivity (Wildman–Crippen MR) is 43.2 cm³/mol. The van der Waals surface area contributed by atoms with E-state index in [4.69, 9.17) is 0 Å². The average molecular weight is 166 g/mol. The second-order valence-corrected chi connectivity index (χ2v) is 3.16. The average Bonchev–Trinajstić information content (AvgIpc) is 2.53. The molecule has 11 heavy (non-hydrogen) atoms. The van der Waals surface area contributed by atoms with Crippen molar-refractivity contribution in [3.05, 3.63) is 23.1 Å². The number of nitrogens with zero attached hydrogens (tertiary/aromatic N) is 2. The summed E-state index contributed by atoms with van der Waals surface area (Å²) in [6.07, 6.45) is 2.45. The maximum atomic E-state index is 10.4. The first-order valence-electron chi connectivity index (χ1n) is 3.19. The molecule has 2 rings (SSSR count). The standard InChI is InChI=1S/C7H6N2OS/c1-5-3-11-7-6(2-10)8-4-9(5)7/h2-4H,1H3. The lowest BCUT2D eigenvalue weighted by Crippen LogP contribution is -1.78. The lowest BCUT2D eigenvalue weighted by molar-refractivity contribution is 0.112. The lowest BCUT2D eigenvalue weighted by atomic mass is 10.5. The molecule has 0 spiro atoms. The molecule has 0 saturated heterocycles. The van der Waals surface area contributed by atoms with E-state index in [9.17, 15) is 4.79 Å². The highest BCUT2D eigenvalue weighted by molar-refractivity contribution is 7.16. The number of aryl methyl sites for hydroxylation is 1. The molecule has 0 bridgehead atoms. The number of imidazole rings is 1. The van der Waals surface area contributed by atoms with Crippen molar-refractivity contribution in [2.24, 2.45) is 0 Å². The molecule has 0 saturated carbocycles. The molecule has 4 heteroatoms. The van der Waals surface area contributed by atoms with Gasteiger partial charge in [0, 0.05) is 11.1 Å². The van der Waals surface area contributed by atoms with E-state index in [1.54, 1.807) is 17.7 Å². The van der Waals surface area contributed by atoms with Crippen LogP contribution in [0.1, 0.15) is 16.2 Å². The van der Waals surface area contributed by atoms with E-state index < -0.39 is 0 Å². The van der Waals surface area contributed by atoms with Crippen molar-refractivity contribution >= 4 is 22.5 Å². The summed E-state index contributed by atoms with van der Waals surface area (Å²) in [5, 5.41) is 2.00. The smallest absolute Gasteiger partial charge is 0.171 e. The first kappa shape index (κ1) is 6.54. The number of aldehydes is 1. The third-order valence-corrected chi connectivity index (χ3v) is 2.67. The van der Waals surface area contributed by atoms with Crippen molar-refractivity contribution < 1.29 is 4.79 Å². The van der Waals surface area contributed by atoms with E-state index >= 15 is 0 Å². The van der Waals surface area contributed by atoms with Gasteiger partial charge in [-0.2, -0.15) is 0 Å². The molecule has 0 aliphatic carbocycles. The molecule has 2 aromatic rings. The highest BCUT2D eigenvalue weighted by Crippen LogP contribution is 2.17. The maximum absolute atomic E-state index is 10.4. The highest BCUT2D eigenvalue weighted by Gasteiger charge is 2.05. The van der Waals surface area contributed by atoms with Crippen LogP contribution in [0.5, 0.6) is 0 Å². The summed E-state index contributed by atoms with van der Waals surface area (Å²) >= 11 is 1.54. The third-order valence-electron chi connectivity index (χ3n) is 1.58. The molecule has 0 aliphatic heterocycles. The van der Waals surface area contributed by atoms with E-state index in [-0.39, 0.29) is 0 Å². The molecule has 0 amide bonds. The Kier molecular flexibility index (Phi) is 1.29. The van der Waals surface area contributed by atoms with Gasteiger partial charge < -0.3 is 0 Å². The van der Waals surface area contributed by atoms with Crippen LogP contribution in [0.4, 0.5) is 0 Å². The van der Waals surface area contributed by atoms with Crippen molar-refractivity contribution in [1.82, 2.24) is 9.38 Å². The summed E-state index contributed by atoms with van der Waals surface area (Å²) in [5.74, 6) is 0. The number of thiazole rings is 1. The van der Waals surface area contributed by atoms with Crippen molar-refractivity contribution in [2.45, 2.75) is 6.92 Å². The van der Waals surface area contributed by atoms with Crippen LogP contribution in [-0.2, 0) is 0 Å². The van der Waals surface area contributed by atoms with E-state index in [0.29, 0.717) is 5.69 Å². The summed E-state index contributed by atoms with van der Waals surface area (Å²) in [4.78, 5) is 15.3. The first-order chi connectivity index (χ1) is 5.33. The molecule has 0 fully saturated rings. The fraction of sp³-hybridized carbons (Fsp3) is 0.143. The summed E-state index contributed by atoms with van der Waals surface area (Å²) in [6, 6.07) is 0. The maximum Gasteiger partial charge on any atom is 0.171 e. The molecule has 0 atom stereocenters. The second kappa shape index (κ2) is 2.17. The minimum Gasteiger partial charge on any atom is -0.296 e. The van der Waals surface area contributed by atoms with E-state index in [2.05, 4.69) is 4.98 Å². The van der Waals surface area contributed by atoms with Gasteiger partial charge >= 0.3 is 0 Å². The number of hydrogen-bond donors (Lipinski definition) is 0. The summed E-state index contributed by atoms with van der Waals surface area (Å²) in [7, 11) is 0. The number of carbonyl (C=O) groups is 1. The molecule has 0 aliphatic rings. The van der Waals surface area contributed by atoms with Gasteiger partial charge in [0.15, 0.2) is 6.29 Å². The molecular formula is C7H6N2OS. The van der Waals surface area contributed by atoms with E-state index in [0.717, 1.165) is 16.8 Å². The van der Waals surface area contributed by atoms with Gasteiger partial charge in [-0.05, 0) is 6.92 Å². The lowest BCUT2D eigenvalue weighted by Gasteiger charge is -1.83. The van der Waals surface area contributed by atoms with Crippen LogP contribution < -0.4 is 0 Å². The zero-order valence-electron chi connectivity index (χ0n) is 5.94. The molecule has 2 aromatic heterocycles. The zero-order chi connectivity index (χ0) is 7.84. The van der Waals surface area contributed by atoms with Crippen LogP contribution in [0.25, 0.3) is 4.83 Å². The summed E-state index contributed by atoms with van der Waals surface area (Å²) in [6.45, 7) is 1.99. The molecular weight excluding hydrogens is 160 g/mol. The molecule has 0 radical (unpaired) electrons. The minimum atomic E-state index is 0.531. The Morgan fingerprint density at radius 3 is 3.27 bits per heavy atom. The Morgan fingerprint density at radius 1 is 1.73 bits per heavy atom. The topological polar surface area (TPSA) is 34.4 Å². The second-order valence-electron chi connectivity index (χ2n) is 2.30. The molecule has 0 aromatic carbocycles. The van der Waals surface area contributed by atoms with Crippen LogP contribution >= 0.6 is 11.3 Å². The van der Waals surface area contributed by atoms with Crippen LogP contribution in [0.3, 0.4) is 0 Å². The van der Waals surface area contributed by atoms with Crippen molar-refractivity contribution in [2.75, 3.05) is 0 Å².